The summed E-state index contributed by atoms with van der Waals surface area (Å²) in [6, 6.07) is 0. The zero-order chi connectivity index (χ0) is 8.20. The fourth-order valence-corrected chi connectivity index (χ4v) is 0.748. The van der Waals surface area contributed by atoms with Crippen molar-refractivity contribution < 1.29 is 68.0 Å². The molecule has 0 aromatic heterocycles. The second kappa shape index (κ2) is 6.93. The van der Waals surface area contributed by atoms with Crippen LogP contribution in [0.25, 0.3) is 0 Å². The Bertz CT molecular complexity index is 113. The van der Waals surface area contributed by atoms with Crippen molar-refractivity contribution in [1.29, 1.82) is 0 Å². The van der Waals surface area contributed by atoms with Crippen molar-refractivity contribution in [2.45, 2.75) is 20.0 Å². The van der Waals surface area contributed by atoms with Gasteiger partial charge in [0, 0.05) is 12.5 Å². The molecule has 0 bridgehead atoms. The van der Waals surface area contributed by atoms with Gasteiger partial charge in [0.05, 0.1) is 12.7 Å². The Morgan fingerprint density at radius 3 is 2.18 bits per heavy atom. The third-order valence-corrected chi connectivity index (χ3v) is 1.61. The predicted octanol–water partition coefficient (Wildman–Crippen LogP) is -1.99. The minimum atomic E-state index is -0.288. The molecule has 0 fully saturated rings. The molecule has 1 atom stereocenters. The summed E-state index contributed by atoms with van der Waals surface area (Å²) < 4.78 is 5.01. The molecular formula is C8H15O2Rb. The van der Waals surface area contributed by atoms with Gasteiger partial charge in [-0.15, -0.1) is 0 Å². The van der Waals surface area contributed by atoms with E-state index in [-0.39, 0.29) is 76.3 Å². The van der Waals surface area contributed by atoms with Crippen molar-refractivity contribution in [1.82, 2.24) is 0 Å². The third kappa shape index (κ3) is 4.91. The molecule has 0 radical (unpaired) electrons. The number of aliphatic hydroxyl groups is 1. The van der Waals surface area contributed by atoms with Gasteiger partial charge in [-0.25, -0.2) is 6.08 Å². The number of hydrogen-bond acceptors (Lipinski definition) is 2. The number of aliphatic hydroxyl groups excluding tert-OH is 1. The first-order valence-electron chi connectivity index (χ1n) is 3.27. The van der Waals surface area contributed by atoms with E-state index in [0.29, 0.717) is 0 Å². The Morgan fingerprint density at radius 2 is 2.09 bits per heavy atom. The molecule has 0 spiro atoms. The van der Waals surface area contributed by atoms with Gasteiger partial charge in [-0.3, -0.25) is 0 Å². The van der Waals surface area contributed by atoms with Gasteiger partial charge in [-0.2, -0.15) is 0 Å². The molecule has 0 aromatic carbocycles. The molecule has 11 heavy (non-hydrogen) atoms. The fraction of sp³-hybridized carbons (Fsp3) is 0.750. The van der Waals surface area contributed by atoms with Crippen molar-refractivity contribution >= 4 is 0 Å². The maximum atomic E-state index is 8.87. The first-order chi connectivity index (χ1) is 4.58. The monoisotopic (exact) mass is 228 g/mol. The van der Waals surface area contributed by atoms with Crippen LogP contribution < -0.4 is 58.2 Å². The molecule has 0 amide bonds. The van der Waals surface area contributed by atoms with E-state index in [1.54, 1.807) is 7.11 Å². The predicted molar refractivity (Wildman–Crippen MR) is 40.5 cm³/mol. The minimum absolute atomic E-state index is 0. The van der Waals surface area contributed by atoms with E-state index < -0.39 is 0 Å². The molecule has 0 aliphatic rings. The first kappa shape index (κ1) is 15.0. The van der Waals surface area contributed by atoms with Crippen LogP contribution in [-0.4, -0.2) is 24.9 Å². The summed E-state index contributed by atoms with van der Waals surface area (Å²) in [5.41, 5.74) is -0.288. The molecule has 60 valence electrons. The van der Waals surface area contributed by atoms with E-state index in [1.807, 2.05) is 13.8 Å². The van der Waals surface area contributed by atoms with Crippen molar-refractivity contribution in [3.63, 3.8) is 0 Å². The average Bonchev–Trinajstić information content (AvgIpc) is 1.90. The topological polar surface area (TPSA) is 29.5 Å². The number of methoxy groups -OCH3 is 1. The Labute approximate surface area is 118 Å². The zero-order valence-corrected chi connectivity index (χ0v) is 12.7. The van der Waals surface area contributed by atoms with E-state index >= 15 is 0 Å². The van der Waals surface area contributed by atoms with Crippen LogP contribution in [0.4, 0.5) is 0 Å². The molecule has 0 aliphatic carbocycles. The van der Waals surface area contributed by atoms with Crippen LogP contribution in [0.2, 0.25) is 0 Å². The zero-order valence-electron chi connectivity index (χ0n) is 7.79. The van der Waals surface area contributed by atoms with Crippen molar-refractivity contribution in [3.05, 3.63) is 12.7 Å². The largest absolute Gasteiger partial charge is 1.00 e. The van der Waals surface area contributed by atoms with Gasteiger partial charge in [0.2, 0.25) is 0 Å². The SMILES string of the molecule is [CH-]=CC(OC)C(C)(C)CO.[Rb+]. The molecule has 3 heteroatoms. The Kier molecular flexibility index (Phi) is 9.42. The maximum absolute atomic E-state index is 8.87. The quantitative estimate of drug-likeness (QED) is 0.565. The average molecular weight is 229 g/mol. The Morgan fingerprint density at radius 1 is 1.64 bits per heavy atom. The summed E-state index contributed by atoms with van der Waals surface area (Å²) in [5.74, 6) is 0. The molecule has 0 saturated heterocycles. The third-order valence-electron chi connectivity index (χ3n) is 1.61. The van der Waals surface area contributed by atoms with Crippen molar-refractivity contribution in [2.75, 3.05) is 13.7 Å². The van der Waals surface area contributed by atoms with E-state index in [1.165, 1.54) is 6.08 Å². The van der Waals surface area contributed by atoms with Gasteiger partial charge in [-0.05, 0) is 0 Å². The van der Waals surface area contributed by atoms with Crippen molar-refractivity contribution in [3.8, 4) is 0 Å². The summed E-state index contributed by atoms with van der Waals surface area (Å²) in [6.07, 6.45) is 1.27. The van der Waals surface area contributed by atoms with Gasteiger partial charge in [0.25, 0.3) is 0 Å². The molecule has 0 saturated carbocycles. The molecule has 2 nitrogen and oxygen atoms in total. The summed E-state index contributed by atoms with van der Waals surface area (Å²) in [4.78, 5) is 0. The van der Waals surface area contributed by atoms with Crippen LogP contribution in [0.1, 0.15) is 13.8 Å². The Hall–Kier alpha value is 1.47. The standard InChI is InChI=1S/C8H15O2.Rb/c1-5-7(10-4)8(2,3)6-9;/h1,5,7,9H,6H2,2-4H3;/q-1;+1. The van der Waals surface area contributed by atoms with Gasteiger partial charge in [0.1, 0.15) is 0 Å². The van der Waals surface area contributed by atoms with Gasteiger partial charge in [0.15, 0.2) is 0 Å². The van der Waals surface area contributed by atoms with Crippen LogP contribution in [0.5, 0.6) is 0 Å². The van der Waals surface area contributed by atoms with Gasteiger partial charge >= 0.3 is 58.2 Å². The van der Waals surface area contributed by atoms with Crippen LogP contribution >= 0.6 is 0 Å². The van der Waals surface area contributed by atoms with Crippen LogP contribution in [-0.2, 0) is 4.74 Å². The van der Waals surface area contributed by atoms with Crippen molar-refractivity contribution in [2.24, 2.45) is 5.41 Å². The van der Waals surface area contributed by atoms with Gasteiger partial charge in [-0.1, -0.05) is 13.8 Å². The molecule has 1 unspecified atom stereocenters. The summed E-state index contributed by atoms with van der Waals surface area (Å²) in [7, 11) is 1.57. The first-order valence-corrected chi connectivity index (χ1v) is 3.27. The molecular weight excluding hydrogens is 214 g/mol. The van der Waals surface area contributed by atoms with E-state index in [9.17, 15) is 0 Å². The van der Waals surface area contributed by atoms with E-state index in [2.05, 4.69) is 0 Å². The molecule has 0 rings (SSSR count). The molecule has 0 aliphatic heterocycles. The second-order valence-corrected chi connectivity index (χ2v) is 3.00. The molecule has 0 heterocycles. The Balaban J connectivity index is 0. The maximum Gasteiger partial charge on any atom is 1.00 e. The minimum Gasteiger partial charge on any atom is -0.515 e. The molecule has 0 aromatic rings. The van der Waals surface area contributed by atoms with Crippen LogP contribution in [0.15, 0.2) is 6.08 Å². The normalized spacial score (nSPS) is 13.5. The fourth-order valence-electron chi connectivity index (χ4n) is 0.748. The smallest absolute Gasteiger partial charge is 0.515 e. The number of ether oxygens (including phenoxy) is 1. The summed E-state index contributed by atoms with van der Waals surface area (Å²) in [5, 5.41) is 8.87. The van der Waals surface area contributed by atoms with Gasteiger partial charge < -0.3 is 16.4 Å². The number of rotatable bonds is 4. The second-order valence-electron chi connectivity index (χ2n) is 3.00. The van der Waals surface area contributed by atoms with E-state index in [4.69, 9.17) is 16.4 Å². The van der Waals surface area contributed by atoms with E-state index in [0.717, 1.165) is 0 Å². The summed E-state index contributed by atoms with van der Waals surface area (Å²) >= 11 is 0. The number of hydrogen-bond donors (Lipinski definition) is 1. The van der Waals surface area contributed by atoms with Crippen LogP contribution in [0.3, 0.4) is 0 Å². The molecule has 1 N–H and O–H groups in total. The summed E-state index contributed by atoms with van der Waals surface area (Å²) in [6.45, 7) is 9.14. The van der Waals surface area contributed by atoms with Crippen LogP contribution in [0, 0.1) is 12.0 Å².